The molecule has 1 fully saturated rings. The van der Waals surface area contributed by atoms with Crippen LogP contribution < -0.4 is 15.4 Å². The van der Waals surface area contributed by atoms with E-state index in [1.165, 1.54) is 15.9 Å². The second-order valence-corrected chi connectivity index (χ2v) is 6.38. The molecule has 0 saturated carbocycles. The zero-order valence-electron chi connectivity index (χ0n) is 12.8. The molecule has 22 heavy (non-hydrogen) atoms. The van der Waals surface area contributed by atoms with E-state index >= 15 is 0 Å². The molecule has 116 valence electrons. The van der Waals surface area contributed by atoms with Gasteiger partial charge in [0, 0.05) is 38.9 Å². The molecule has 1 aromatic heterocycles. The number of piperazine rings is 1. The molecule has 1 aliphatic rings. The minimum absolute atomic E-state index is 0.0985. The highest BCUT2D eigenvalue weighted by Gasteiger charge is 2.20. The zero-order valence-corrected chi connectivity index (χ0v) is 14.4. The number of hydrogen-bond acceptors (Lipinski definition) is 4. The SMILES string of the molecule is Cc1cccc(N2CCN(c3cnn(C)c(=O)c3Br)CC2)c1. The van der Waals surface area contributed by atoms with E-state index in [1.807, 2.05) is 0 Å². The van der Waals surface area contributed by atoms with Gasteiger partial charge in [0.05, 0.1) is 11.9 Å². The van der Waals surface area contributed by atoms with E-state index in [1.54, 1.807) is 13.2 Å². The molecule has 0 unspecified atom stereocenters. The first kappa shape index (κ1) is 15.1. The van der Waals surface area contributed by atoms with Gasteiger partial charge in [0.15, 0.2) is 0 Å². The van der Waals surface area contributed by atoms with E-state index in [0.717, 1.165) is 31.9 Å². The van der Waals surface area contributed by atoms with Gasteiger partial charge < -0.3 is 9.80 Å². The van der Waals surface area contributed by atoms with Crippen molar-refractivity contribution < 1.29 is 0 Å². The topological polar surface area (TPSA) is 41.4 Å². The Morgan fingerprint density at radius 3 is 2.50 bits per heavy atom. The highest BCUT2D eigenvalue weighted by molar-refractivity contribution is 9.10. The van der Waals surface area contributed by atoms with E-state index in [9.17, 15) is 4.79 Å². The lowest BCUT2D eigenvalue weighted by Gasteiger charge is -2.37. The van der Waals surface area contributed by atoms with Gasteiger partial charge in [0.25, 0.3) is 5.56 Å². The summed E-state index contributed by atoms with van der Waals surface area (Å²) in [7, 11) is 1.66. The number of hydrogen-bond donors (Lipinski definition) is 0. The van der Waals surface area contributed by atoms with Gasteiger partial charge in [-0.2, -0.15) is 5.10 Å². The van der Waals surface area contributed by atoms with Crippen LogP contribution in [0.2, 0.25) is 0 Å². The average molecular weight is 363 g/mol. The van der Waals surface area contributed by atoms with E-state index in [4.69, 9.17) is 0 Å². The van der Waals surface area contributed by atoms with Crippen LogP contribution in [-0.2, 0) is 7.05 Å². The molecule has 3 rings (SSSR count). The maximum Gasteiger partial charge on any atom is 0.282 e. The number of benzene rings is 1. The normalized spacial score (nSPS) is 15.2. The van der Waals surface area contributed by atoms with Gasteiger partial charge in [0.1, 0.15) is 4.47 Å². The Balaban J connectivity index is 1.75. The lowest BCUT2D eigenvalue weighted by molar-refractivity contribution is 0.640. The van der Waals surface area contributed by atoms with Crippen LogP contribution in [0.1, 0.15) is 5.56 Å². The van der Waals surface area contributed by atoms with Gasteiger partial charge in [-0.25, -0.2) is 4.68 Å². The lowest BCUT2D eigenvalue weighted by Crippen LogP contribution is -2.47. The van der Waals surface area contributed by atoms with Gasteiger partial charge in [0.2, 0.25) is 0 Å². The first-order chi connectivity index (χ1) is 10.6. The molecule has 2 heterocycles. The van der Waals surface area contributed by atoms with Crippen LogP contribution in [0.3, 0.4) is 0 Å². The third-order valence-corrected chi connectivity index (χ3v) is 4.79. The number of aromatic nitrogens is 2. The van der Waals surface area contributed by atoms with Crippen molar-refractivity contribution in [2.45, 2.75) is 6.92 Å². The molecule has 2 aromatic rings. The summed E-state index contributed by atoms with van der Waals surface area (Å²) < 4.78 is 1.94. The van der Waals surface area contributed by atoms with Crippen LogP contribution in [-0.4, -0.2) is 36.0 Å². The molecule has 0 atom stereocenters. The van der Waals surface area contributed by atoms with Crippen molar-refractivity contribution in [3.8, 4) is 0 Å². The molecule has 0 spiro atoms. The molecular weight excluding hydrogens is 344 g/mol. The maximum atomic E-state index is 12.0. The fourth-order valence-corrected chi connectivity index (χ4v) is 3.36. The van der Waals surface area contributed by atoms with E-state index < -0.39 is 0 Å². The summed E-state index contributed by atoms with van der Waals surface area (Å²) in [6.45, 7) is 5.74. The van der Waals surface area contributed by atoms with Crippen molar-refractivity contribution in [2.75, 3.05) is 36.0 Å². The fraction of sp³-hybridized carbons (Fsp3) is 0.375. The Bertz CT molecular complexity index is 735. The molecule has 6 heteroatoms. The summed E-state index contributed by atoms with van der Waals surface area (Å²) in [6, 6.07) is 8.57. The summed E-state index contributed by atoms with van der Waals surface area (Å²) in [6.07, 6.45) is 1.76. The van der Waals surface area contributed by atoms with Crippen LogP contribution in [0.25, 0.3) is 0 Å². The highest BCUT2D eigenvalue weighted by Crippen LogP contribution is 2.24. The Kier molecular flexibility index (Phi) is 4.20. The van der Waals surface area contributed by atoms with Crippen LogP contribution in [0.5, 0.6) is 0 Å². The number of anilines is 2. The first-order valence-corrected chi connectivity index (χ1v) is 8.14. The molecule has 1 aliphatic heterocycles. The molecule has 5 nitrogen and oxygen atoms in total. The van der Waals surface area contributed by atoms with Crippen LogP contribution in [0.4, 0.5) is 11.4 Å². The van der Waals surface area contributed by atoms with Crippen LogP contribution >= 0.6 is 15.9 Å². The second kappa shape index (κ2) is 6.12. The molecule has 0 bridgehead atoms. The lowest BCUT2D eigenvalue weighted by atomic mass is 10.2. The van der Waals surface area contributed by atoms with Crippen molar-refractivity contribution in [3.63, 3.8) is 0 Å². The Morgan fingerprint density at radius 2 is 1.82 bits per heavy atom. The van der Waals surface area contributed by atoms with E-state index in [-0.39, 0.29) is 5.56 Å². The monoisotopic (exact) mass is 362 g/mol. The molecule has 0 N–H and O–H groups in total. The number of aryl methyl sites for hydroxylation is 2. The fourth-order valence-electron chi connectivity index (χ4n) is 2.75. The highest BCUT2D eigenvalue weighted by atomic mass is 79.9. The summed E-state index contributed by atoms with van der Waals surface area (Å²) >= 11 is 3.41. The van der Waals surface area contributed by atoms with Crippen LogP contribution in [0.15, 0.2) is 39.7 Å². The Labute approximate surface area is 138 Å². The van der Waals surface area contributed by atoms with Gasteiger partial charge in [-0.1, -0.05) is 12.1 Å². The van der Waals surface area contributed by atoms with Crippen LogP contribution in [0, 0.1) is 6.92 Å². The Morgan fingerprint density at radius 1 is 1.14 bits per heavy atom. The number of nitrogens with zero attached hydrogens (tertiary/aromatic N) is 4. The van der Waals surface area contributed by atoms with Crippen molar-refractivity contribution in [3.05, 3.63) is 50.9 Å². The second-order valence-electron chi connectivity index (χ2n) is 5.59. The van der Waals surface area contributed by atoms with E-state index in [2.05, 4.69) is 62.0 Å². The van der Waals surface area contributed by atoms with Crippen molar-refractivity contribution in [2.24, 2.45) is 7.05 Å². The van der Waals surface area contributed by atoms with Gasteiger partial charge in [-0.3, -0.25) is 4.79 Å². The molecule has 1 aromatic carbocycles. The number of halogens is 1. The van der Waals surface area contributed by atoms with E-state index in [0.29, 0.717) is 4.47 Å². The summed E-state index contributed by atoms with van der Waals surface area (Å²) in [5, 5.41) is 4.12. The minimum atomic E-state index is -0.0985. The minimum Gasteiger partial charge on any atom is -0.368 e. The van der Waals surface area contributed by atoms with Crippen molar-refractivity contribution >= 4 is 27.3 Å². The summed E-state index contributed by atoms with van der Waals surface area (Å²) in [5.74, 6) is 0. The third kappa shape index (κ3) is 2.88. The van der Waals surface area contributed by atoms with Gasteiger partial charge >= 0.3 is 0 Å². The Hall–Kier alpha value is -1.82. The molecule has 0 amide bonds. The van der Waals surface area contributed by atoms with Gasteiger partial charge in [-0.05, 0) is 40.5 Å². The zero-order chi connectivity index (χ0) is 15.7. The summed E-state index contributed by atoms with van der Waals surface area (Å²) in [4.78, 5) is 16.6. The maximum absolute atomic E-state index is 12.0. The average Bonchev–Trinajstić information content (AvgIpc) is 2.53. The standard InChI is InChI=1S/C16H19BrN4O/c1-12-4-3-5-13(10-12)20-6-8-21(9-7-20)14-11-18-19(2)16(22)15(14)17/h3-5,10-11H,6-9H2,1-2H3. The molecular formula is C16H19BrN4O. The largest absolute Gasteiger partial charge is 0.368 e. The van der Waals surface area contributed by atoms with Crippen molar-refractivity contribution in [1.82, 2.24) is 9.78 Å². The smallest absolute Gasteiger partial charge is 0.282 e. The number of rotatable bonds is 2. The quantitative estimate of drug-likeness (QED) is 0.820. The third-order valence-electron chi connectivity index (χ3n) is 4.05. The van der Waals surface area contributed by atoms with Crippen molar-refractivity contribution in [1.29, 1.82) is 0 Å². The summed E-state index contributed by atoms with van der Waals surface area (Å²) in [5.41, 5.74) is 3.32. The first-order valence-electron chi connectivity index (χ1n) is 7.34. The molecule has 0 aliphatic carbocycles. The molecule has 0 radical (unpaired) electrons. The molecule has 1 saturated heterocycles. The predicted octanol–water partition coefficient (Wildman–Crippen LogP) is 2.18. The van der Waals surface area contributed by atoms with Gasteiger partial charge in [-0.15, -0.1) is 0 Å². The predicted molar refractivity (Wildman–Crippen MR) is 92.8 cm³/mol.